The molecule has 0 unspecified atom stereocenters. The van der Waals surface area contributed by atoms with Crippen LogP contribution in [0.4, 0.5) is 10.8 Å². The standard InChI is InChI=1S/C21H19N3O2S2/c1-12-9-15-10-14(6-7-17(15)24(12)20(26)13-4-5-13)16-11-28-21(22-16)23-19(25)18-3-2-8-27-18/h2-3,6-8,10-13H,4-5,9H2,1H3,(H,22,23,25)/t12-/m1/s1. The summed E-state index contributed by atoms with van der Waals surface area (Å²) in [5.74, 6) is 0.361. The fraction of sp³-hybridized carbons (Fsp3) is 0.286. The molecule has 2 aliphatic rings. The largest absolute Gasteiger partial charge is 0.309 e. The van der Waals surface area contributed by atoms with Gasteiger partial charge in [0.05, 0.1) is 10.6 Å². The Labute approximate surface area is 171 Å². The number of rotatable bonds is 4. The zero-order valence-electron chi connectivity index (χ0n) is 15.3. The van der Waals surface area contributed by atoms with Gasteiger partial charge in [-0.05, 0) is 55.3 Å². The molecule has 142 valence electrons. The van der Waals surface area contributed by atoms with E-state index < -0.39 is 0 Å². The predicted octanol–water partition coefficient (Wildman–Crippen LogP) is 4.81. The van der Waals surface area contributed by atoms with Crippen molar-refractivity contribution in [3.63, 3.8) is 0 Å². The minimum atomic E-state index is -0.132. The smallest absolute Gasteiger partial charge is 0.267 e. The Morgan fingerprint density at radius 1 is 1.21 bits per heavy atom. The van der Waals surface area contributed by atoms with E-state index in [1.165, 1.54) is 28.2 Å². The Morgan fingerprint density at radius 3 is 2.82 bits per heavy atom. The molecule has 5 rings (SSSR count). The number of anilines is 2. The summed E-state index contributed by atoms with van der Waals surface area (Å²) in [5.41, 5.74) is 4.08. The van der Waals surface area contributed by atoms with Crippen LogP contribution >= 0.6 is 22.7 Å². The predicted molar refractivity (Wildman–Crippen MR) is 113 cm³/mol. The lowest BCUT2D eigenvalue weighted by Crippen LogP contribution is -2.36. The SMILES string of the molecule is C[C@@H]1Cc2cc(-c3csc(NC(=O)c4cccs4)n3)ccc2N1C(=O)C1CC1. The van der Waals surface area contributed by atoms with Crippen LogP contribution in [0, 0.1) is 5.92 Å². The van der Waals surface area contributed by atoms with Crippen molar-refractivity contribution in [2.45, 2.75) is 32.2 Å². The van der Waals surface area contributed by atoms with E-state index in [-0.39, 0.29) is 23.8 Å². The first-order valence-corrected chi connectivity index (χ1v) is 11.1. The molecule has 3 heterocycles. The molecular weight excluding hydrogens is 390 g/mol. The minimum Gasteiger partial charge on any atom is -0.309 e. The zero-order chi connectivity index (χ0) is 19.3. The Bertz CT molecular complexity index is 1050. The summed E-state index contributed by atoms with van der Waals surface area (Å²) in [4.78, 5) is 32.0. The summed E-state index contributed by atoms with van der Waals surface area (Å²) in [6, 6.07) is 10.0. The first-order valence-electron chi connectivity index (χ1n) is 9.37. The van der Waals surface area contributed by atoms with Crippen molar-refractivity contribution in [3.05, 3.63) is 51.5 Å². The van der Waals surface area contributed by atoms with Gasteiger partial charge in [0.1, 0.15) is 0 Å². The summed E-state index contributed by atoms with van der Waals surface area (Å²) in [6.45, 7) is 2.11. The second-order valence-electron chi connectivity index (χ2n) is 7.35. The van der Waals surface area contributed by atoms with Gasteiger partial charge in [-0.2, -0.15) is 0 Å². The highest BCUT2D eigenvalue weighted by atomic mass is 32.1. The number of hydrogen-bond donors (Lipinski definition) is 1. The van der Waals surface area contributed by atoms with Crippen molar-refractivity contribution in [3.8, 4) is 11.3 Å². The average molecular weight is 410 g/mol. The first-order chi connectivity index (χ1) is 13.6. The highest BCUT2D eigenvalue weighted by Crippen LogP contribution is 2.40. The van der Waals surface area contributed by atoms with Crippen LogP contribution in [0.5, 0.6) is 0 Å². The van der Waals surface area contributed by atoms with Gasteiger partial charge in [-0.25, -0.2) is 4.98 Å². The number of benzene rings is 1. The molecule has 1 aliphatic heterocycles. The Morgan fingerprint density at radius 2 is 2.07 bits per heavy atom. The van der Waals surface area contributed by atoms with Crippen LogP contribution in [-0.4, -0.2) is 22.8 Å². The second kappa shape index (κ2) is 6.83. The van der Waals surface area contributed by atoms with Gasteiger partial charge in [0.25, 0.3) is 5.91 Å². The molecule has 0 radical (unpaired) electrons. The van der Waals surface area contributed by atoms with Crippen LogP contribution in [0.3, 0.4) is 0 Å². The van der Waals surface area contributed by atoms with Crippen molar-refractivity contribution >= 4 is 45.3 Å². The van der Waals surface area contributed by atoms with Gasteiger partial charge in [0.2, 0.25) is 5.91 Å². The zero-order valence-corrected chi connectivity index (χ0v) is 17.0. The lowest BCUT2D eigenvalue weighted by Gasteiger charge is -2.22. The molecule has 1 atom stereocenters. The molecule has 1 fully saturated rings. The molecule has 2 amide bonds. The van der Waals surface area contributed by atoms with Crippen molar-refractivity contribution in [2.75, 3.05) is 10.2 Å². The number of carbonyl (C=O) groups excluding carboxylic acids is 2. The molecule has 2 aromatic heterocycles. The molecule has 0 spiro atoms. The van der Waals surface area contributed by atoms with E-state index in [4.69, 9.17) is 0 Å². The van der Waals surface area contributed by atoms with Crippen molar-refractivity contribution < 1.29 is 9.59 Å². The van der Waals surface area contributed by atoms with Crippen molar-refractivity contribution in [1.82, 2.24) is 4.98 Å². The third-order valence-electron chi connectivity index (χ3n) is 5.22. The lowest BCUT2D eigenvalue weighted by molar-refractivity contribution is -0.120. The van der Waals surface area contributed by atoms with Gasteiger partial charge in [-0.3, -0.25) is 14.9 Å². The second-order valence-corrected chi connectivity index (χ2v) is 9.15. The summed E-state index contributed by atoms with van der Waals surface area (Å²) >= 11 is 2.83. The summed E-state index contributed by atoms with van der Waals surface area (Å²) < 4.78 is 0. The van der Waals surface area contributed by atoms with Crippen LogP contribution < -0.4 is 10.2 Å². The molecule has 5 nitrogen and oxygen atoms in total. The molecule has 1 saturated carbocycles. The van der Waals surface area contributed by atoms with E-state index in [0.717, 1.165) is 36.2 Å². The number of fused-ring (bicyclic) bond motifs is 1. The van der Waals surface area contributed by atoms with Gasteiger partial charge < -0.3 is 4.90 Å². The summed E-state index contributed by atoms with van der Waals surface area (Å²) in [7, 11) is 0. The van der Waals surface area contributed by atoms with E-state index in [0.29, 0.717) is 10.0 Å². The maximum atomic E-state index is 12.6. The minimum absolute atomic E-state index is 0.132. The monoisotopic (exact) mass is 409 g/mol. The number of nitrogens with one attached hydrogen (secondary N) is 1. The number of nitrogens with zero attached hydrogens (tertiary/aromatic N) is 2. The quantitative estimate of drug-likeness (QED) is 0.672. The molecule has 28 heavy (non-hydrogen) atoms. The van der Waals surface area contributed by atoms with Gasteiger partial charge in [-0.1, -0.05) is 12.1 Å². The fourth-order valence-electron chi connectivity index (χ4n) is 3.68. The van der Waals surface area contributed by atoms with Crippen LogP contribution in [0.25, 0.3) is 11.3 Å². The molecule has 1 N–H and O–H groups in total. The number of aromatic nitrogens is 1. The lowest BCUT2D eigenvalue weighted by atomic mass is 10.1. The summed E-state index contributed by atoms with van der Waals surface area (Å²) in [5, 5.41) is 7.29. The molecule has 0 saturated heterocycles. The van der Waals surface area contributed by atoms with Crippen LogP contribution in [0.15, 0.2) is 41.1 Å². The molecule has 3 aromatic rings. The Balaban J connectivity index is 1.37. The van der Waals surface area contributed by atoms with E-state index in [9.17, 15) is 9.59 Å². The molecule has 7 heteroatoms. The number of carbonyl (C=O) groups is 2. The van der Waals surface area contributed by atoms with Crippen LogP contribution in [-0.2, 0) is 11.2 Å². The average Bonchev–Trinajstić information content (AvgIpc) is 3.07. The van der Waals surface area contributed by atoms with Gasteiger partial charge in [0.15, 0.2) is 5.13 Å². The van der Waals surface area contributed by atoms with Gasteiger partial charge >= 0.3 is 0 Å². The summed E-state index contributed by atoms with van der Waals surface area (Å²) in [6.07, 6.45) is 2.91. The van der Waals surface area contributed by atoms with Crippen LogP contribution in [0.1, 0.15) is 35.0 Å². The molecule has 0 bridgehead atoms. The fourth-order valence-corrected chi connectivity index (χ4v) is 5.02. The maximum Gasteiger partial charge on any atom is 0.267 e. The highest BCUT2D eigenvalue weighted by Gasteiger charge is 2.39. The number of thiazole rings is 1. The Kier molecular flexibility index (Phi) is 4.29. The van der Waals surface area contributed by atoms with Crippen molar-refractivity contribution in [2.24, 2.45) is 5.92 Å². The third-order valence-corrected chi connectivity index (χ3v) is 6.85. The molecule has 1 aromatic carbocycles. The van der Waals surface area contributed by atoms with E-state index in [1.807, 2.05) is 33.9 Å². The maximum absolute atomic E-state index is 12.6. The first kappa shape index (κ1) is 17.6. The molecule has 1 aliphatic carbocycles. The van der Waals surface area contributed by atoms with E-state index in [1.54, 1.807) is 6.07 Å². The number of hydrogen-bond acceptors (Lipinski definition) is 5. The Hall–Kier alpha value is -2.51. The number of amides is 2. The van der Waals surface area contributed by atoms with Crippen LogP contribution in [0.2, 0.25) is 0 Å². The van der Waals surface area contributed by atoms with Gasteiger partial charge in [0, 0.05) is 28.6 Å². The van der Waals surface area contributed by atoms with E-state index in [2.05, 4.69) is 23.3 Å². The van der Waals surface area contributed by atoms with Crippen molar-refractivity contribution in [1.29, 1.82) is 0 Å². The topological polar surface area (TPSA) is 62.3 Å². The van der Waals surface area contributed by atoms with Gasteiger partial charge in [-0.15, -0.1) is 22.7 Å². The molecular formula is C21H19N3O2S2. The normalized spacial score (nSPS) is 18.2. The van der Waals surface area contributed by atoms with E-state index >= 15 is 0 Å². The number of thiophene rings is 1. The third kappa shape index (κ3) is 3.14. The highest BCUT2D eigenvalue weighted by molar-refractivity contribution is 7.14.